The molecule has 3 fully saturated rings. The van der Waals surface area contributed by atoms with Gasteiger partial charge in [0, 0.05) is 34.5 Å². The van der Waals surface area contributed by atoms with Gasteiger partial charge >= 0.3 is 0 Å². The lowest BCUT2D eigenvalue weighted by atomic mass is 9.84. The summed E-state index contributed by atoms with van der Waals surface area (Å²) < 4.78 is 0. The van der Waals surface area contributed by atoms with Gasteiger partial charge < -0.3 is 0 Å². The quantitative estimate of drug-likeness (QED) is 0.220. The maximum absolute atomic E-state index is 2.51. The van der Waals surface area contributed by atoms with E-state index in [1.54, 1.807) is 0 Å². The lowest BCUT2D eigenvalue weighted by Crippen LogP contribution is -2.18. The zero-order valence-electron chi connectivity index (χ0n) is 32.8. The van der Waals surface area contributed by atoms with E-state index in [2.05, 4.69) is 143 Å². The number of hydrogen-bond donors (Lipinski definition) is 0. The van der Waals surface area contributed by atoms with E-state index < -0.39 is 0 Å². The molecule has 3 aromatic rings. The van der Waals surface area contributed by atoms with E-state index in [4.69, 9.17) is 0 Å². The summed E-state index contributed by atoms with van der Waals surface area (Å²) in [5, 5.41) is 0. The van der Waals surface area contributed by atoms with Crippen LogP contribution in [0.15, 0.2) is 72.8 Å². The molecule has 3 aliphatic carbocycles. The van der Waals surface area contributed by atoms with Crippen LogP contribution in [-0.4, -0.2) is 34.5 Å². The molecule has 10 rings (SSSR count). The summed E-state index contributed by atoms with van der Waals surface area (Å²) in [7, 11) is 0. The summed E-state index contributed by atoms with van der Waals surface area (Å²) >= 11 is 13.1. The highest BCUT2D eigenvalue weighted by molar-refractivity contribution is 7.99. The molecule has 7 aliphatic rings. The van der Waals surface area contributed by atoms with Crippen LogP contribution in [0.1, 0.15) is 110 Å². The first-order chi connectivity index (χ1) is 26.7. The molecule has 0 N–H and O–H groups in total. The fourth-order valence-electron chi connectivity index (χ4n) is 9.18. The van der Waals surface area contributed by atoms with Gasteiger partial charge in [0.15, 0.2) is 0 Å². The normalized spacial score (nSPS) is 29.1. The van der Waals surface area contributed by atoms with Crippen LogP contribution >= 0.6 is 70.6 Å². The zero-order valence-corrected chi connectivity index (χ0v) is 37.7. The molecule has 3 saturated carbocycles. The number of rotatable bonds is 0. The average Bonchev–Trinajstić information content (AvgIpc) is 3.20. The second-order valence-electron chi connectivity index (χ2n) is 17.2. The van der Waals surface area contributed by atoms with Gasteiger partial charge in [0.1, 0.15) is 0 Å². The lowest BCUT2D eigenvalue weighted by molar-refractivity contribution is 0.315. The molecule has 0 atom stereocenters. The minimum absolute atomic E-state index is 0.925. The largest absolute Gasteiger partial charge is 0.157 e. The van der Waals surface area contributed by atoms with Crippen molar-refractivity contribution in [3.8, 4) is 0 Å². The molecule has 0 saturated heterocycles. The molecule has 3 aromatic carbocycles. The Labute approximate surface area is 355 Å². The average molecular weight is 835 g/mol. The van der Waals surface area contributed by atoms with Gasteiger partial charge in [-0.1, -0.05) is 72.8 Å². The lowest BCUT2D eigenvalue weighted by Gasteiger charge is -2.28. The summed E-state index contributed by atoms with van der Waals surface area (Å²) in [6.45, 7) is 0. The highest BCUT2D eigenvalue weighted by Gasteiger charge is 2.24. The van der Waals surface area contributed by atoms with Crippen molar-refractivity contribution in [2.45, 2.75) is 112 Å². The summed E-state index contributed by atoms with van der Waals surface area (Å²) in [5.74, 6) is 20.7. The van der Waals surface area contributed by atoms with Crippen molar-refractivity contribution in [1.82, 2.24) is 0 Å². The minimum atomic E-state index is 0.925. The minimum Gasteiger partial charge on any atom is -0.157 e. The fraction of sp³-hybridized carbons (Fsp3) is 0.625. The first kappa shape index (κ1) is 41.9. The van der Waals surface area contributed by atoms with Gasteiger partial charge in [0.2, 0.25) is 0 Å². The maximum atomic E-state index is 2.51. The third-order valence-corrected chi connectivity index (χ3v) is 20.1. The van der Waals surface area contributed by atoms with E-state index in [9.17, 15) is 0 Å². The molecule has 12 bridgehead atoms. The Hall–Kier alpha value is -0.240. The van der Waals surface area contributed by atoms with Gasteiger partial charge in [0.05, 0.1) is 0 Å². The van der Waals surface area contributed by atoms with Crippen LogP contribution in [0.2, 0.25) is 0 Å². The summed E-state index contributed by atoms with van der Waals surface area (Å²) in [4.78, 5) is 0. The molecular formula is C48H66S6. The number of hydrogen-bond acceptors (Lipinski definition) is 6. The van der Waals surface area contributed by atoms with Crippen LogP contribution in [-0.2, 0) is 34.5 Å². The standard InChI is InChI=1S/C48H66S6/c1-4-43-22-44(5-1)32-50-26-38-12-16-40(17-13-38)28-52-34-46-7-3-9-48(24-46)36-54-30-42-20-18-41(19-21-42)29-53-35-47-8-2-6-45(23-47)33-51-27-39-14-10-37(11-15-39)25-49-31-43/h1-9,22-24,37-42H,10-21,25-36H2. The Morgan fingerprint density at radius 1 is 0.259 bits per heavy atom. The smallest absolute Gasteiger partial charge is 0.0184 e. The topological polar surface area (TPSA) is 0 Å². The SMILES string of the molecule is c1cc2cc(c1)CSCC1CCC(CC1)CSCc1cccc(c1)CSCC1CCC(CC1)CSCc1cccc(c1)CSCC1CCC(CC1)CSC2. The molecule has 4 heterocycles. The number of benzene rings is 3. The molecule has 0 aromatic heterocycles. The van der Waals surface area contributed by atoms with E-state index in [1.165, 1.54) is 179 Å². The number of fused-ring (bicyclic) bond motifs is 3. The third-order valence-electron chi connectivity index (χ3n) is 12.6. The van der Waals surface area contributed by atoms with Gasteiger partial charge in [-0.15, -0.1) is 0 Å². The van der Waals surface area contributed by atoms with Gasteiger partial charge in [-0.3, -0.25) is 0 Å². The molecule has 54 heavy (non-hydrogen) atoms. The van der Waals surface area contributed by atoms with Crippen molar-refractivity contribution >= 4 is 70.6 Å². The van der Waals surface area contributed by atoms with Crippen LogP contribution in [0.3, 0.4) is 0 Å². The zero-order chi connectivity index (χ0) is 36.6. The van der Waals surface area contributed by atoms with Crippen molar-refractivity contribution < 1.29 is 0 Å². The van der Waals surface area contributed by atoms with Gasteiger partial charge in [0.25, 0.3) is 0 Å². The molecule has 0 unspecified atom stereocenters. The van der Waals surface area contributed by atoms with Crippen LogP contribution in [0.4, 0.5) is 0 Å². The Kier molecular flexibility index (Phi) is 18.1. The molecule has 0 radical (unpaired) electrons. The van der Waals surface area contributed by atoms with E-state index in [-0.39, 0.29) is 0 Å². The highest BCUT2D eigenvalue weighted by Crippen LogP contribution is 2.37. The predicted molar refractivity (Wildman–Crippen MR) is 253 cm³/mol. The third kappa shape index (κ3) is 14.5. The number of thioether (sulfide) groups is 6. The Bertz CT molecular complexity index is 1220. The van der Waals surface area contributed by atoms with Crippen molar-refractivity contribution in [2.24, 2.45) is 35.5 Å². The molecule has 0 spiro atoms. The van der Waals surface area contributed by atoms with Crippen LogP contribution < -0.4 is 0 Å². The van der Waals surface area contributed by atoms with Crippen molar-refractivity contribution in [3.05, 3.63) is 106 Å². The van der Waals surface area contributed by atoms with Crippen molar-refractivity contribution in [1.29, 1.82) is 0 Å². The molecule has 0 amide bonds. The van der Waals surface area contributed by atoms with E-state index in [0.717, 1.165) is 35.5 Å². The van der Waals surface area contributed by atoms with Gasteiger partial charge in [-0.25, -0.2) is 0 Å². The molecule has 4 aliphatic heterocycles. The van der Waals surface area contributed by atoms with Crippen molar-refractivity contribution in [3.63, 3.8) is 0 Å². The second-order valence-corrected chi connectivity index (χ2v) is 23.4. The van der Waals surface area contributed by atoms with Gasteiger partial charge in [-0.2, -0.15) is 70.6 Å². The summed E-state index contributed by atoms with van der Waals surface area (Å²) in [6, 6.07) is 28.6. The van der Waals surface area contributed by atoms with Crippen molar-refractivity contribution in [2.75, 3.05) is 34.5 Å². The maximum Gasteiger partial charge on any atom is 0.0184 e. The summed E-state index contributed by atoms with van der Waals surface area (Å²) in [6.07, 6.45) is 17.3. The van der Waals surface area contributed by atoms with Crippen LogP contribution in [0.5, 0.6) is 0 Å². The van der Waals surface area contributed by atoms with Crippen LogP contribution in [0, 0.1) is 35.5 Å². The second kappa shape index (κ2) is 23.4. The molecular weight excluding hydrogens is 769 g/mol. The summed E-state index contributed by atoms with van der Waals surface area (Å²) in [5.41, 5.74) is 9.20. The first-order valence-electron chi connectivity index (χ1n) is 21.4. The first-order valence-corrected chi connectivity index (χ1v) is 28.3. The molecule has 6 heteroatoms. The monoisotopic (exact) mass is 834 g/mol. The van der Waals surface area contributed by atoms with Crippen LogP contribution in [0.25, 0.3) is 0 Å². The van der Waals surface area contributed by atoms with E-state index in [0.29, 0.717) is 0 Å². The fourth-order valence-corrected chi connectivity index (χ4v) is 16.4. The van der Waals surface area contributed by atoms with Gasteiger partial charge in [-0.05, 0) is 180 Å². The highest BCUT2D eigenvalue weighted by atomic mass is 32.2. The Balaban J connectivity index is 0.882. The predicted octanol–water partition coefficient (Wildman–Crippen LogP) is 14.9. The van der Waals surface area contributed by atoms with E-state index in [1.807, 2.05) is 0 Å². The van der Waals surface area contributed by atoms with E-state index >= 15 is 0 Å². The Morgan fingerprint density at radius 3 is 0.593 bits per heavy atom. The Morgan fingerprint density at radius 2 is 0.426 bits per heavy atom. The molecule has 0 nitrogen and oxygen atoms in total. The molecule has 294 valence electrons.